The van der Waals surface area contributed by atoms with Gasteiger partial charge in [0.1, 0.15) is 6.61 Å². The topological polar surface area (TPSA) is 74.8 Å². The van der Waals surface area contributed by atoms with E-state index >= 15 is 0 Å². The molecule has 2 aliphatic heterocycles. The van der Waals surface area contributed by atoms with E-state index in [1.807, 2.05) is 11.8 Å². The minimum atomic E-state index is -0.163. The highest BCUT2D eigenvalue weighted by molar-refractivity contribution is 5.95. The summed E-state index contributed by atoms with van der Waals surface area (Å²) in [4.78, 5) is 33.4. The number of nitrogens with zero attached hydrogens (tertiary/aromatic N) is 3. The fourth-order valence-corrected chi connectivity index (χ4v) is 4.34. The minimum absolute atomic E-state index is 0.0658. The van der Waals surface area contributed by atoms with Gasteiger partial charge in [-0.3, -0.25) is 14.6 Å². The summed E-state index contributed by atoms with van der Waals surface area (Å²) in [6.45, 7) is 7.26. The number of hydrogen-bond acceptors (Lipinski definition) is 5. The van der Waals surface area contributed by atoms with Gasteiger partial charge in [0, 0.05) is 38.1 Å². The quantitative estimate of drug-likeness (QED) is 0.750. The van der Waals surface area contributed by atoms with Crippen LogP contribution in [-0.4, -0.2) is 78.6 Å². The highest BCUT2D eigenvalue weighted by Gasteiger charge is 2.31. The Balaban J connectivity index is 1.22. The molecule has 1 saturated carbocycles. The molecule has 3 aliphatic rings. The van der Waals surface area contributed by atoms with Crippen LogP contribution in [0.4, 0.5) is 0 Å². The summed E-state index contributed by atoms with van der Waals surface area (Å²) in [6.07, 6.45) is 6.65. The van der Waals surface area contributed by atoms with Gasteiger partial charge < -0.3 is 19.9 Å². The summed E-state index contributed by atoms with van der Waals surface area (Å²) in [5.41, 5.74) is 1.29. The Labute approximate surface area is 172 Å². The summed E-state index contributed by atoms with van der Waals surface area (Å²) in [5, 5.41) is 2.93. The molecule has 0 aromatic carbocycles. The van der Waals surface area contributed by atoms with Crippen molar-refractivity contribution in [3.63, 3.8) is 0 Å². The second kappa shape index (κ2) is 9.22. The number of pyridine rings is 1. The molecule has 7 nitrogen and oxygen atoms in total. The van der Waals surface area contributed by atoms with Gasteiger partial charge in [-0.15, -0.1) is 0 Å². The van der Waals surface area contributed by atoms with Crippen molar-refractivity contribution in [1.29, 1.82) is 0 Å². The molecule has 3 heterocycles. The lowest BCUT2D eigenvalue weighted by Crippen LogP contribution is -2.52. The number of aromatic nitrogens is 1. The highest BCUT2D eigenvalue weighted by atomic mass is 16.5. The number of carbonyl (C=O) groups excluding carboxylic acids is 2. The number of ether oxygens (including phenoxy) is 1. The average molecular weight is 401 g/mol. The number of aryl methyl sites for hydroxylation is 1. The zero-order chi connectivity index (χ0) is 20.2. The summed E-state index contributed by atoms with van der Waals surface area (Å²) in [5.74, 6) is 1.43. The molecule has 7 heteroatoms. The maximum atomic E-state index is 12.4. The number of rotatable bonds is 7. The third-order valence-corrected chi connectivity index (χ3v) is 6.36. The van der Waals surface area contributed by atoms with E-state index in [1.165, 1.54) is 32.2 Å². The van der Waals surface area contributed by atoms with Gasteiger partial charge in [-0.05, 0) is 69.7 Å². The smallest absolute Gasteiger partial charge is 0.253 e. The lowest BCUT2D eigenvalue weighted by atomic mass is 9.95. The number of piperidine rings is 1. The van der Waals surface area contributed by atoms with Crippen molar-refractivity contribution in [2.75, 3.05) is 45.9 Å². The predicted octanol–water partition coefficient (Wildman–Crippen LogP) is 1.47. The van der Waals surface area contributed by atoms with Gasteiger partial charge in [0.2, 0.25) is 5.91 Å². The van der Waals surface area contributed by atoms with Gasteiger partial charge in [-0.2, -0.15) is 0 Å². The maximum absolute atomic E-state index is 12.4. The van der Waals surface area contributed by atoms with E-state index in [0.717, 1.165) is 25.6 Å². The predicted molar refractivity (Wildman–Crippen MR) is 110 cm³/mol. The molecular formula is C22H32N4O3. The van der Waals surface area contributed by atoms with Crippen molar-refractivity contribution >= 4 is 11.8 Å². The zero-order valence-corrected chi connectivity index (χ0v) is 17.3. The van der Waals surface area contributed by atoms with Gasteiger partial charge in [-0.1, -0.05) is 0 Å². The molecule has 158 valence electrons. The number of carbonyl (C=O) groups is 2. The van der Waals surface area contributed by atoms with Crippen molar-refractivity contribution in [3.05, 3.63) is 29.6 Å². The molecule has 0 spiro atoms. The number of nitrogens with one attached hydrogen (secondary N) is 1. The van der Waals surface area contributed by atoms with E-state index < -0.39 is 0 Å². The van der Waals surface area contributed by atoms with Crippen LogP contribution in [0.1, 0.15) is 41.7 Å². The van der Waals surface area contributed by atoms with Crippen LogP contribution in [0.3, 0.4) is 0 Å². The fourth-order valence-electron chi connectivity index (χ4n) is 4.34. The lowest BCUT2D eigenvalue weighted by Gasteiger charge is -2.38. The maximum Gasteiger partial charge on any atom is 0.253 e. The first-order valence-corrected chi connectivity index (χ1v) is 10.9. The van der Waals surface area contributed by atoms with Crippen LogP contribution >= 0.6 is 0 Å². The first kappa shape index (κ1) is 20.3. The van der Waals surface area contributed by atoms with E-state index in [0.29, 0.717) is 30.3 Å². The van der Waals surface area contributed by atoms with E-state index in [-0.39, 0.29) is 24.5 Å². The van der Waals surface area contributed by atoms with Crippen molar-refractivity contribution in [2.45, 2.75) is 38.7 Å². The molecule has 2 amide bonds. The van der Waals surface area contributed by atoms with Gasteiger partial charge >= 0.3 is 0 Å². The number of amides is 2. The molecule has 1 aromatic rings. The van der Waals surface area contributed by atoms with Crippen LogP contribution in [-0.2, 0) is 9.53 Å². The van der Waals surface area contributed by atoms with Crippen molar-refractivity contribution in [2.24, 2.45) is 11.8 Å². The summed E-state index contributed by atoms with van der Waals surface area (Å²) >= 11 is 0. The Morgan fingerprint density at radius 1 is 1.21 bits per heavy atom. The number of hydrogen-bond donors (Lipinski definition) is 1. The first-order chi connectivity index (χ1) is 14.1. The number of morpholine rings is 1. The van der Waals surface area contributed by atoms with Gasteiger partial charge in [-0.25, -0.2) is 0 Å². The van der Waals surface area contributed by atoms with E-state index in [1.54, 1.807) is 18.3 Å². The zero-order valence-electron chi connectivity index (χ0n) is 17.3. The largest absolute Gasteiger partial charge is 0.365 e. The monoisotopic (exact) mass is 400 g/mol. The summed E-state index contributed by atoms with van der Waals surface area (Å²) in [7, 11) is 0. The summed E-state index contributed by atoms with van der Waals surface area (Å²) < 4.78 is 5.66. The molecule has 29 heavy (non-hydrogen) atoms. The van der Waals surface area contributed by atoms with Crippen molar-refractivity contribution in [3.8, 4) is 0 Å². The second-order valence-corrected chi connectivity index (χ2v) is 8.77. The first-order valence-electron chi connectivity index (χ1n) is 10.9. The molecule has 1 aliphatic carbocycles. The summed E-state index contributed by atoms with van der Waals surface area (Å²) in [6, 6.07) is 3.53. The van der Waals surface area contributed by atoms with Crippen LogP contribution in [0.5, 0.6) is 0 Å². The standard InChI is InChI=1S/C22H32N4O3/c1-16-20(3-2-8-23-16)22(28)24-11-19-14-26(21(27)15-29-19)13-18-6-9-25(10-7-18)12-17-4-5-17/h2-3,8,17-19H,4-7,9-15H2,1H3,(H,24,28). The van der Waals surface area contributed by atoms with Crippen LogP contribution in [0, 0.1) is 18.8 Å². The van der Waals surface area contributed by atoms with Gasteiger partial charge in [0.15, 0.2) is 0 Å². The van der Waals surface area contributed by atoms with Crippen LogP contribution in [0.25, 0.3) is 0 Å². The molecule has 0 radical (unpaired) electrons. The molecule has 1 unspecified atom stereocenters. The van der Waals surface area contributed by atoms with E-state index in [4.69, 9.17) is 4.74 Å². The Hall–Kier alpha value is -1.99. The van der Waals surface area contributed by atoms with Crippen LogP contribution in [0.2, 0.25) is 0 Å². The van der Waals surface area contributed by atoms with Gasteiger partial charge in [0.05, 0.1) is 11.7 Å². The van der Waals surface area contributed by atoms with E-state index in [9.17, 15) is 9.59 Å². The average Bonchev–Trinajstić information content (AvgIpc) is 3.54. The van der Waals surface area contributed by atoms with Crippen LogP contribution in [0.15, 0.2) is 18.3 Å². The Kier molecular flexibility index (Phi) is 6.45. The van der Waals surface area contributed by atoms with Gasteiger partial charge in [0.25, 0.3) is 5.91 Å². The number of likely N-dealkylation sites (tertiary alicyclic amines) is 1. The molecule has 1 atom stereocenters. The third-order valence-electron chi connectivity index (χ3n) is 6.36. The molecule has 2 saturated heterocycles. The third kappa shape index (κ3) is 5.54. The normalized spacial score (nSPS) is 24.0. The van der Waals surface area contributed by atoms with E-state index in [2.05, 4.69) is 15.2 Å². The molecule has 0 bridgehead atoms. The fraction of sp³-hybridized carbons (Fsp3) is 0.682. The molecule has 3 fully saturated rings. The Morgan fingerprint density at radius 3 is 2.69 bits per heavy atom. The minimum Gasteiger partial charge on any atom is -0.365 e. The lowest BCUT2D eigenvalue weighted by molar-refractivity contribution is -0.149. The Morgan fingerprint density at radius 2 is 1.97 bits per heavy atom. The van der Waals surface area contributed by atoms with Crippen LogP contribution < -0.4 is 5.32 Å². The highest BCUT2D eigenvalue weighted by Crippen LogP contribution is 2.31. The van der Waals surface area contributed by atoms with Crippen molar-refractivity contribution in [1.82, 2.24) is 20.1 Å². The molecule has 1 aromatic heterocycles. The second-order valence-electron chi connectivity index (χ2n) is 8.77. The SMILES string of the molecule is Cc1ncccc1C(=O)NCC1CN(CC2CCN(CC3CC3)CC2)C(=O)CO1. The molecular weight excluding hydrogens is 368 g/mol. The molecule has 1 N–H and O–H groups in total. The molecule has 4 rings (SSSR count). The van der Waals surface area contributed by atoms with Crippen molar-refractivity contribution < 1.29 is 14.3 Å². The Bertz CT molecular complexity index is 729.